The number of benzene rings is 1. The van der Waals surface area contributed by atoms with Crippen molar-refractivity contribution in [2.24, 2.45) is 0 Å². The third kappa shape index (κ3) is 4.75. The molecule has 0 atom stereocenters. The fraction of sp³-hybridized carbons (Fsp3) is 0.130. The molecule has 36 heavy (non-hydrogen) atoms. The number of carbonyl (C=O) groups is 1. The molecule has 1 amide bonds. The maximum absolute atomic E-state index is 13.8. The van der Waals surface area contributed by atoms with Crippen molar-refractivity contribution in [3.8, 4) is 10.6 Å². The van der Waals surface area contributed by atoms with Crippen LogP contribution in [0.1, 0.15) is 27.3 Å². The number of aryl methyl sites for hydroxylation is 1. The lowest BCUT2D eigenvalue weighted by atomic mass is 10.1. The van der Waals surface area contributed by atoms with E-state index in [1.165, 1.54) is 11.3 Å². The van der Waals surface area contributed by atoms with Gasteiger partial charge in [0.25, 0.3) is 5.91 Å². The topological polar surface area (TPSA) is 77.1 Å². The maximum Gasteiger partial charge on any atom is 0.433 e. The van der Waals surface area contributed by atoms with Gasteiger partial charge in [-0.05, 0) is 45.9 Å². The Morgan fingerprint density at radius 3 is 2.61 bits per heavy atom. The number of thiophene rings is 1. The van der Waals surface area contributed by atoms with E-state index in [0.29, 0.717) is 20.4 Å². The number of amides is 1. The first-order valence-corrected chi connectivity index (χ1v) is 12.5. The third-order valence-electron chi connectivity index (χ3n) is 5.23. The van der Waals surface area contributed by atoms with E-state index < -0.39 is 23.5 Å². The minimum absolute atomic E-state index is 0.0798. The molecule has 0 spiro atoms. The summed E-state index contributed by atoms with van der Waals surface area (Å²) in [6.07, 6.45) is -3.08. The van der Waals surface area contributed by atoms with Crippen LogP contribution in [0.15, 0.2) is 58.5 Å². The summed E-state index contributed by atoms with van der Waals surface area (Å²) in [5.74, 6) is -0.652. The van der Waals surface area contributed by atoms with Crippen LogP contribution in [0.2, 0.25) is 5.02 Å². The van der Waals surface area contributed by atoms with Gasteiger partial charge in [0.05, 0.1) is 21.6 Å². The number of nitrogens with one attached hydrogen (secondary N) is 1. The highest BCUT2D eigenvalue weighted by Crippen LogP contribution is 2.35. The average Bonchev–Trinajstić information content (AvgIpc) is 3.55. The lowest BCUT2D eigenvalue weighted by molar-refractivity contribution is -0.142. The molecule has 0 aliphatic carbocycles. The summed E-state index contributed by atoms with van der Waals surface area (Å²) in [6, 6.07) is 12.1. The van der Waals surface area contributed by atoms with Crippen molar-refractivity contribution in [3.63, 3.8) is 0 Å². The minimum Gasteiger partial charge on any atom is -0.303 e. The maximum atomic E-state index is 13.8. The molecular weight excluding hydrogens is 581 g/mol. The molecule has 1 aromatic carbocycles. The zero-order valence-corrected chi connectivity index (χ0v) is 21.5. The highest BCUT2D eigenvalue weighted by atomic mass is 79.9. The first-order chi connectivity index (χ1) is 17.1. The van der Waals surface area contributed by atoms with Gasteiger partial charge in [0, 0.05) is 6.20 Å². The molecule has 0 saturated carbocycles. The van der Waals surface area contributed by atoms with E-state index in [4.69, 9.17) is 11.6 Å². The van der Waals surface area contributed by atoms with Gasteiger partial charge >= 0.3 is 6.18 Å². The predicted molar refractivity (Wildman–Crippen MR) is 134 cm³/mol. The lowest BCUT2D eigenvalue weighted by Crippen LogP contribution is -2.16. The number of nitrogens with zero attached hydrogens (tertiary/aromatic N) is 5. The highest BCUT2D eigenvalue weighted by molar-refractivity contribution is 9.10. The molecule has 13 heteroatoms. The van der Waals surface area contributed by atoms with Crippen LogP contribution in [0, 0.1) is 6.92 Å². The Morgan fingerprint density at radius 1 is 1.19 bits per heavy atom. The SMILES string of the molecule is Cc1ccc(Cn2cc(Br)c(NC(=O)c3nn4c(C(F)(F)F)cc(-c5cccs5)nc4c3Cl)n2)cc1. The second-order valence-electron chi connectivity index (χ2n) is 7.86. The Bertz CT molecular complexity index is 1580. The molecule has 1 N–H and O–H groups in total. The summed E-state index contributed by atoms with van der Waals surface area (Å²) in [6.45, 7) is 2.44. The van der Waals surface area contributed by atoms with Gasteiger partial charge in [-0.3, -0.25) is 9.48 Å². The molecule has 0 radical (unpaired) electrons. The minimum atomic E-state index is -4.76. The summed E-state index contributed by atoms with van der Waals surface area (Å²) in [7, 11) is 0. The van der Waals surface area contributed by atoms with E-state index in [1.807, 2.05) is 31.2 Å². The molecule has 0 unspecified atom stereocenters. The number of anilines is 1. The number of carbonyl (C=O) groups excluding carboxylic acids is 1. The predicted octanol–water partition coefficient (Wildman–Crippen LogP) is 6.70. The molecule has 184 valence electrons. The smallest absolute Gasteiger partial charge is 0.303 e. The number of hydrogen-bond acceptors (Lipinski definition) is 5. The van der Waals surface area contributed by atoms with Crippen molar-refractivity contribution in [2.45, 2.75) is 19.6 Å². The number of halogens is 5. The van der Waals surface area contributed by atoms with E-state index in [1.54, 1.807) is 28.4 Å². The molecule has 0 fully saturated rings. The van der Waals surface area contributed by atoms with E-state index in [-0.39, 0.29) is 22.2 Å². The molecule has 4 heterocycles. The fourth-order valence-electron chi connectivity index (χ4n) is 3.50. The van der Waals surface area contributed by atoms with E-state index in [0.717, 1.165) is 17.2 Å². The van der Waals surface area contributed by atoms with Crippen molar-refractivity contribution in [1.82, 2.24) is 24.4 Å². The monoisotopic (exact) mass is 594 g/mol. The molecule has 0 bridgehead atoms. The van der Waals surface area contributed by atoms with Gasteiger partial charge in [-0.15, -0.1) is 11.3 Å². The Labute approximate surface area is 219 Å². The van der Waals surface area contributed by atoms with Crippen molar-refractivity contribution >= 4 is 56.2 Å². The van der Waals surface area contributed by atoms with Crippen LogP contribution >= 0.6 is 38.9 Å². The van der Waals surface area contributed by atoms with Gasteiger partial charge in [-0.2, -0.15) is 23.4 Å². The van der Waals surface area contributed by atoms with Crippen LogP contribution in [0.4, 0.5) is 19.0 Å². The molecule has 0 aliphatic heterocycles. The Hall–Kier alpha value is -3.22. The molecule has 0 saturated heterocycles. The number of fused-ring (bicyclic) bond motifs is 1. The average molecular weight is 596 g/mol. The number of hydrogen-bond donors (Lipinski definition) is 1. The highest BCUT2D eigenvalue weighted by Gasteiger charge is 2.37. The van der Waals surface area contributed by atoms with Gasteiger partial charge in [0.1, 0.15) is 5.02 Å². The van der Waals surface area contributed by atoms with Crippen LogP contribution in [0.3, 0.4) is 0 Å². The second-order valence-corrected chi connectivity index (χ2v) is 10.0. The summed E-state index contributed by atoms with van der Waals surface area (Å²) < 4.78 is 44.2. The van der Waals surface area contributed by atoms with Gasteiger partial charge < -0.3 is 5.32 Å². The second kappa shape index (κ2) is 9.34. The molecule has 5 rings (SSSR count). The van der Waals surface area contributed by atoms with E-state index in [9.17, 15) is 18.0 Å². The van der Waals surface area contributed by atoms with Crippen molar-refractivity contribution < 1.29 is 18.0 Å². The lowest BCUT2D eigenvalue weighted by Gasteiger charge is -2.10. The molecular formula is C23H15BrClF3N6OS. The Morgan fingerprint density at radius 2 is 1.94 bits per heavy atom. The first-order valence-electron chi connectivity index (χ1n) is 10.4. The molecule has 0 aliphatic rings. The summed E-state index contributed by atoms with van der Waals surface area (Å²) in [5.41, 5.74) is 0.436. The fourth-order valence-corrected chi connectivity index (χ4v) is 4.85. The largest absolute Gasteiger partial charge is 0.433 e. The van der Waals surface area contributed by atoms with Crippen LogP contribution in [-0.2, 0) is 12.7 Å². The van der Waals surface area contributed by atoms with Crippen molar-refractivity contribution in [1.29, 1.82) is 0 Å². The number of aromatic nitrogens is 5. The van der Waals surface area contributed by atoms with Crippen LogP contribution in [0.5, 0.6) is 0 Å². The summed E-state index contributed by atoms with van der Waals surface area (Å²) >= 11 is 10.9. The number of rotatable bonds is 5. The summed E-state index contributed by atoms with van der Waals surface area (Å²) in [4.78, 5) is 17.8. The number of alkyl halides is 3. The van der Waals surface area contributed by atoms with Crippen molar-refractivity contribution in [3.05, 3.63) is 86.1 Å². The summed E-state index contributed by atoms with van der Waals surface area (Å²) in [5, 5.41) is 12.2. The molecule has 4 aromatic heterocycles. The zero-order valence-electron chi connectivity index (χ0n) is 18.3. The van der Waals surface area contributed by atoms with Gasteiger partial charge in [-0.1, -0.05) is 47.5 Å². The van der Waals surface area contributed by atoms with Crippen LogP contribution in [0.25, 0.3) is 16.2 Å². The van der Waals surface area contributed by atoms with Crippen LogP contribution < -0.4 is 5.32 Å². The van der Waals surface area contributed by atoms with Gasteiger partial charge in [0.15, 0.2) is 22.9 Å². The standard InChI is InChI=1S/C23H15BrClF3N6OS/c1-12-4-6-13(7-5-12)10-33-11-14(24)20(32-33)30-22(35)19-18(25)21-29-15(16-3-2-8-36-16)9-17(23(26,27)28)34(21)31-19/h2-9,11H,10H2,1H3,(H,30,32,35). The Kier molecular flexibility index (Phi) is 6.35. The molecule has 5 aromatic rings. The quantitative estimate of drug-likeness (QED) is 0.245. The van der Waals surface area contributed by atoms with Crippen LogP contribution in [-0.4, -0.2) is 30.3 Å². The first kappa shape index (κ1) is 24.5. The zero-order chi connectivity index (χ0) is 25.6. The van der Waals surface area contributed by atoms with E-state index >= 15 is 0 Å². The van der Waals surface area contributed by atoms with Gasteiger partial charge in [-0.25, -0.2) is 9.50 Å². The Balaban J connectivity index is 1.47. The molecule has 7 nitrogen and oxygen atoms in total. The normalized spacial score (nSPS) is 11.8. The third-order valence-corrected chi connectivity index (χ3v) is 7.05. The van der Waals surface area contributed by atoms with Gasteiger partial charge in [0.2, 0.25) is 0 Å². The van der Waals surface area contributed by atoms with E-state index in [2.05, 4.69) is 36.4 Å². The van der Waals surface area contributed by atoms with Crippen molar-refractivity contribution in [2.75, 3.05) is 5.32 Å².